The second-order valence-corrected chi connectivity index (χ2v) is 6.67. The number of nitrogens with zero attached hydrogens (tertiary/aromatic N) is 2. The third-order valence-corrected chi connectivity index (χ3v) is 4.40. The Hall–Kier alpha value is -2.33. The van der Waals surface area contributed by atoms with Crippen molar-refractivity contribution in [3.05, 3.63) is 64.7 Å². The van der Waals surface area contributed by atoms with Crippen molar-refractivity contribution in [2.45, 2.75) is 32.4 Å². The largest absolute Gasteiger partial charge is 0.370 e. The molecule has 0 radical (unpaired) electrons. The Labute approximate surface area is 144 Å². The van der Waals surface area contributed by atoms with Crippen LogP contribution in [0.1, 0.15) is 28.7 Å². The molecule has 4 heteroatoms. The summed E-state index contributed by atoms with van der Waals surface area (Å²) < 4.78 is 0. The molecule has 3 rings (SSSR count). The standard InChI is InChI=1S/C20H26N4/c1-24(2)14-18-7-4-3-6-17(18)13-22-20(21)23-19-11-10-15-8-5-9-16(15)12-19/h3-4,6-7,10-12H,5,8-9,13-14H2,1-2H3,(H3,21,22,23). The molecule has 3 N–H and O–H groups in total. The second-order valence-electron chi connectivity index (χ2n) is 6.67. The molecule has 1 aliphatic carbocycles. The molecule has 4 nitrogen and oxygen atoms in total. The normalized spacial score (nSPS) is 14.0. The summed E-state index contributed by atoms with van der Waals surface area (Å²) in [6, 6.07) is 14.9. The van der Waals surface area contributed by atoms with Crippen LogP contribution < -0.4 is 11.1 Å². The number of fused-ring (bicyclic) bond motifs is 1. The molecule has 0 aliphatic heterocycles. The Morgan fingerprint density at radius 1 is 1.08 bits per heavy atom. The Morgan fingerprint density at radius 2 is 1.83 bits per heavy atom. The molecular weight excluding hydrogens is 296 g/mol. The minimum atomic E-state index is 0.465. The van der Waals surface area contributed by atoms with Gasteiger partial charge >= 0.3 is 0 Å². The minimum Gasteiger partial charge on any atom is -0.370 e. The van der Waals surface area contributed by atoms with E-state index in [1.807, 2.05) is 6.07 Å². The number of anilines is 1. The highest BCUT2D eigenvalue weighted by Gasteiger charge is 2.11. The van der Waals surface area contributed by atoms with Crippen LogP contribution in [0.5, 0.6) is 0 Å². The van der Waals surface area contributed by atoms with Crippen molar-refractivity contribution in [1.82, 2.24) is 4.90 Å². The highest BCUT2D eigenvalue weighted by atomic mass is 15.1. The maximum absolute atomic E-state index is 6.08. The number of rotatable bonds is 5. The fourth-order valence-electron chi connectivity index (χ4n) is 3.21. The summed E-state index contributed by atoms with van der Waals surface area (Å²) in [5, 5.41) is 3.22. The smallest absolute Gasteiger partial charge is 0.193 e. The Kier molecular flexibility index (Phi) is 5.16. The lowest BCUT2D eigenvalue weighted by Crippen LogP contribution is -2.22. The molecule has 24 heavy (non-hydrogen) atoms. The zero-order valence-corrected chi connectivity index (χ0v) is 14.5. The lowest BCUT2D eigenvalue weighted by atomic mass is 10.1. The van der Waals surface area contributed by atoms with Crippen LogP contribution in [0, 0.1) is 0 Å². The number of benzene rings is 2. The third-order valence-electron chi connectivity index (χ3n) is 4.40. The number of nitrogens with one attached hydrogen (secondary N) is 1. The molecule has 0 atom stereocenters. The minimum absolute atomic E-state index is 0.465. The van der Waals surface area contributed by atoms with Gasteiger partial charge in [-0.1, -0.05) is 30.3 Å². The van der Waals surface area contributed by atoms with E-state index < -0.39 is 0 Å². The first-order chi connectivity index (χ1) is 11.6. The first-order valence-electron chi connectivity index (χ1n) is 8.52. The summed E-state index contributed by atoms with van der Waals surface area (Å²) in [5.74, 6) is 0.465. The summed E-state index contributed by atoms with van der Waals surface area (Å²) in [6.07, 6.45) is 3.62. The summed E-state index contributed by atoms with van der Waals surface area (Å²) in [6.45, 7) is 1.50. The summed E-state index contributed by atoms with van der Waals surface area (Å²) >= 11 is 0. The predicted octanol–water partition coefficient (Wildman–Crippen LogP) is 3.16. The van der Waals surface area contributed by atoms with E-state index in [0.717, 1.165) is 12.2 Å². The molecule has 2 aromatic rings. The molecule has 0 heterocycles. The number of hydrogen-bond acceptors (Lipinski definition) is 2. The van der Waals surface area contributed by atoms with Crippen LogP contribution in [-0.2, 0) is 25.9 Å². The van der Waals surface area contributed by atoms with E-state index in [1.54, 1.807) is 0 Å². The van der Waals surface area contributed by atoms with Crippen LogP contribution in [0.15, 0.2) is 47.5 Å². The Balaban J connectivity index is 1.66. The summed E-state index contributed by atoms with van der Waals surface area (Å²) in [7, 11) is 4.15. The van der Waals surface area contributed by atoms with Crippen molar-refractivity contribution in [2.75, 3.05) is 19.4 Å². The molecule has 0 aromatic heterocycles. The molecule has 2 aromatic carbocycles. The lowest BCUT2D eigenvalue weighted by molar-refractivity contribution is 0.401. The molecule has 1 aliphatic rings. The summed E-state index contributed by atoms with van der Waals surface area (Å²) in [5.41, 5.74) is 12.5. The molecular formula is C20H26N4. The average molecular weight is 322 g/mol. The van der Waals surface area contributed by atoms with Gasteiger partial charge in [-0.3, -0.25) is 0 Å². The molecule has 0 unspecified atom stereocenters. The van der Waals surface area contributed by atoms with Gasteiger partial charge in [-0.25, -0.2) is 4.99 Å². The second kappa shape index (κ2) is 7.49. The van der Waals surface area contributed by atoms with Crippen LogP contribution in [0.2, 0.25) is 0 Å². The lowest BCUT2D eigenvalue weighted by Gasteiger charge is -2.13. The van der Waals surface area contributed by atoms with Gasteiger partial charge in [0.05, 0.1) is 6.54 Å². The molecule has 126 valence electrons. The van der Waals surface area contributed by atoms with Crippen molar-refractivity contribution in [3.8, 4) is 0 Å². The first kappa shape index (κ1) is 16.5. The Bertz CT molecular complexity index is 734. The molecule has 0 saturated carbocycles. The fraction of sp³-hybridized carbons (Fsp3) is 0.350. The van der Waals surface area contributed by atoms with Gasteiger partial charge in [0.1, 0.15) is 0 Å². The van der Waals surface area contributed by atoms with Gasteiger partial charge in [0.2, 0.25) is 0 Å². The summed E-state index contributed by atoms with van der Waals surface area (Å²) in [4.78, 5) is 6.68. The number of aliphatic imine (C=N–C) groups is 1. The van der Waals surface area contributed by atoms with Gasteiger partial charge in [0.25, 0.3) is 0 Å². The van der Waals surface area contributed by atoms with Gasteiger partial charge in [0, 0.05) is 12.2 Å². The van der Waals surface area contributed by atoms with E-state index in [2.05, 4.69) is 65.7 Å². The van der Waals surface area contributed by atoms with Crippen LogP contribution in [0.3, 0.4) is 0 Å². The van der Waals surface area contributed by atoms with E-state index in [9.17, 15) is 0 Å². The van der Waals surface area contributed by atoms with Crippen LogP contribution >= 0.6 is 0 Å². The third kappa shape index (κ3) is 4.15. The van der Waals surface area contributed by atoms with E-state index >= 15 is 0 Å². The number of hydrogen-bond donors (Lipinski definition) is 2. The van der Waals surface area contributed by atoms with Crippen molar-refractivity contribution in [3.63, 3.8) is 0 Å². The first-order valence-corrected chi connectivity index (χ1v) is 8.52. The predicted molar refractivity (Wildman–Crippen MR) is 101 cm³/mol. The SMILES string of the molecule is CN(C)Cc1ccccc1CN=C(N)Nc1ccc2c(c1)CCC2. The van der Waals surface area contributed by atoms with Gasteiger partial charge in [0.15, 0.2) is 5.96 Å². The Morgan fingerprint density at radius 3 is 2.62 bits per heavy atom. The number of aryl methyl sites for hydroxylation is 2. The van der Waals surface area contributed by atoms with E-state index in [1.165, 1.54) is 41.5 Å². The maximum atomic E-state index is 6.08. The van der Waals surface area contributed by atoms with Crippen LogP contribution in [0.25, 0.3) is 0 Å². The van der Waals surface area contributed by atoms with Gasteiger partial charge in [-0.2, -0.15) is 0 Å². The zero-order valence-electron chi connectivity index (χ0n) is 14.5. The molecule has 0 amide bonds. The van der Waals surface area contributed by atoms with Crippen molar-refractivity contribution in [1.29, 1.82) is 0 Å². The van der Waals surface area contributed by atoms with Crippen LogP contribution in [0.4, 0.5) is 5.69 Å². The highest BCUT2D eigenvalue weighted by Crippen LogP contribution is 2.24. The molecule has 0 fully saturated rings. The molecule has 0 spiro atoms. The molecule has 0 saturated heterocycles. The maximum Gasteiger partial charge on any atom is 0.193 e. The van der Waals surface area contributed by atoms with E-state index in [4.69, 9.17) is 5.73 Å². The van der Waals surface area contributed by atoms with E-state index in [0.29, 0.717) is 12.5 Å². The van der Waals surface area contributed by atoms with Crippen LogP contribution in [-0.4, -0.2) is 25.0 Å². The number of nitrogens with two attached hydrogens (primary N) is 1. The zero-order chi connectivity index (χ0) is 16.9. The van der Waals surface area contributed by atoms with Gasteiger partial charge < -0.3 is 16.0 Å². The number of guanidine groups is 1. The average Bonchev–Trinajstić information content (AvgIpc) is 3.01. The van der Waals surface area contributed by atoms with Crippen molar-refractivity contribution < 1.29 is 0 Å². The van der Waals surface area contributed by atoms with Gasteiger partial charge in [-0.15, -0.1) is 0 Å². The van der Waals surface area contributed by atoms with Crippen molar-refractivity contribution >= 4 is 11.6 Å². The fourth-order valence-corrected chi connectivity index (χ4v) is 3.21. The monoisotopic (exact) mass is 322 g/mol. The quantitative estimate of drug-likeness (QED) is 0.657. The topological polar surface area (TPSA) is 53.6 Å². The van der Waals surface area contributed by atoms with E-state index in [-0.39, 0.29) is 0 Å². The molecule has 0 bridgehead atoms. The highest BCUT2D eigenvalue weighted by molar-refractivity contribution is 5.92. The van der Waals surface area contributed by atoms with Crippen molar-refractivity contribution in [2.24, 2.45) is 10.7 Å². The van der Waals surface area contributed by atoms with Gasteiger partial charge in [-0.05, 0) is 67.7 Å².